The van der Waals surface area contributed by atoms with Crippen LogP contribution in [0.5, 0.6) is 5.75 Å². The molecule has 7 nitrogen and oxygen atoms in total. The molecule has 1 aromatic heterocycles. The molecule has 0 aliphatic rings. The van der Waals surface area contributed by atoms with Gasteiger partial charge in [-0.1, -0.05) is 54.6 Å². The van der Waals surface area contributed by atoms with E-state index in [1.165, 1.54) is 5.56 Å². The van der Waals surface area contributed by atoms with Gasteiger partial charge in [0.15, 0.2) is 0 Å². The minimum Gasteiger partial charge on any atom is -0.497 e. The summed E-state index contributed by atoms with van der Waals surface area (Å²) in [7, 11) is 1.63. The maximum atomic E-state index is 13.5. The highest BCUT2D eigenvalue weighted by Gasteiger charge is 2.21. The summed E-state index contributed by atoms with van der Waals surface area (Å²) in [5, 5.41) is 2.97. The lowest BCUT2D eigenvalue weighted by Gasteiger charge is -2.22. The molecule has 1 heterocycles. The number of amides is 2. The van der Waals surface area contributed by atoms with Gasteiger partial charge in [-0.3, -0.25) is 19.5 Å². The summed E-state index contributed by atoms with van der Waals surface area (Å²) in [6.07, 6.45) is 1.90. The number of nitrogens with one attached hydrogen (secondary N) is 1. The Morgan fingerprint density at radius 1 is 0.854 bits per heavy atom. The third-order valence-corrected chi connectivity index (χ3v) is 6.97. The Labute approximate surface area is 240 Å². The summed E-state index contributed by atoms with van der Waals surface area (Å²) in [4.78, 5) is 33.3. The van der Waals surface area contributed by atoms with Gasteiger partial charge in [-0.25, -0.2) is 4.98 Å². The van der Waals surface area contributed by atoms with Gasteiger partial charge in [-0.2, -0.15) is 0 Å². The predicted octanol–water partition coefficient (Wildman–Crippen LogP) is 6.45. The van der Waals surface area contributed by atoms with Gasteiger partial charge >= 0.3 is 0 Å². The number of carbonyl (C=O) groups excluding carboxylic acids is 2. The summed E-state index contributed by atoms with van der Waals surface area (Å²) in [5.74, 6) is 0.552. The number of imidazole rings is 1. The van der Waals surface area contributed by atoms with E-state index in [4.69, 9.17) is 9.72 Å². The first-order chi connectivity index (χ1) is 19.9. The van der Waals surface area contributed by atoms with Crippen molar-refractivity contribution in [3.63, 3.8) is 0 Å². The average Bonchev–Trinajstić information content (AvgIpc) is 3.42. The molecule has 5 aromatic rings. The van der Waals surface area contributed by atoms with Crippen LogP contribution in [0.15, 0.2) is 109 Å². The summed E-state index contributed by atoms with van der Waals surface area (Å²) in [6, 6.07) is 32.4. The summed E-state index contributed by atoms with van der Waals surface area (Å²) in [5.41, 5.74) is 6.21. The molecule has 1 N–H and O–H groups in total. The molecular formula is C34H32N4O3. The molecule has 2 amide bonds. The highest BCUT2D eigenvalue weighted by atomic mass is 16.5. The molecule has 0 bridgehead atoms. The van der Waals surface area contributed by atoms with Gasteiger partial charge in [-0.05, 0) is 79.1 Å². The summed E-state index contributed by atoms with van der Waals surface area (Å²) >= 11 is 0. The van der Waals surface area contributed by atoms with Crippen LogP contribution in [-0.2, 0) is 11.3 Å². The van der Waals surface area contributed by atoms with Crippen LogP contribution in [0.2, 0.25) is 0 Å². The molecule has 0 saturated carbocycles. The average molecular weight is 545 g/mol. The first kappa shape index (κ1) is 27.4. The number of methoxy groups -OCH3 is 1. The Morgan fingerprint density at radius 2 is 1.54 bits per heavy atom. The van der Waals surface area contributed by atoms with E-state index in [9.17, 15) is 9.59 Å². The number of rotatable bonds is 9. The molecule has 7 heteroatoms. The quantitative estimate of drug-likeness (QED) is 0.232. The minimum absolute atomic E-state index is 0.139. The molecule has 0 radical (unpaired) electrons. The van der Waals surface area contributed by atoms with E-state index >= 15 is 0 Å². The normalized spacial score (nSPS) is 10.7. The number of hydrogen-bond acceptors (Lipinski definition) is 4. The first-order valence-electron chi connectivity index (χ1n) is 13.4. The lowest BCUT2D eigenvalue weighted by Crippen LogP contribution is -2.38. The van der Waals surface area contributed by atoms with E-state index in [2.05, 4.69) is 25.2 Å². The first-order valence-corrected chi connectivity index (χ1v) is 13.4. The van der Waals surface area contributed by atoms with Crippen molar-refractivity contribution >= 4 is 17.8 Å². The lowest BCUT2D eigenvalue weighted by molar-refractivity contribution is -0.117. The van der Waals surface area contributed by atoms with Gasteiger partial charge in [0.25, 0.3) is 5.91 Å². The molecule has 0 aliphatic heterocycles. The van der Waals surface area contributed by atoms with Crippen molar-refractivity contribution in [1.82, 2.24) is 14.5 Å². The fourth-order valence-corrected chi connectivity index (χ4v) is 4.55. The zero-order valence-electron chi connectivity index (χ0n) is 23.4. The molecule has 0 unspecified atom stereocenters. The number of aryl methyl sites for hydroxylation is 2. The van der Waals surface area contributed by atoms with Crippen LogP contribution in [0.3, 0.4) is 0 Å². The fraction of sp³-hybridized carbons (Fsp3) is 0.147. The van der Waals surface area contributed by atoms with Crippen LogP contribution in [0.1, 0.15) is 27.0 Å². The van der Waals surface area contributed by atoms with Crippen molar-refractivity contribution in [3.8, 4) is 22.7 Å². The van der Waals surface area contributed by atoms with Crippen LogP contribution >= 0.6 is 0 Å². The number of aromatic nitrogens is 2. The standard InChI is InChI=1S/C34H32N4O3/c1-24-14-17-29(20-25(24)2)38-22-31(27-15-18-30(41-3)19-16-27)35-34(38)36-32(39)23-37(21-26-10-6-4-7-11-26)33(40)28-12-8-5-9-13-28/h4-20,22H,21,23H2,1-3H3,(H,35,36,39). The highest BCUT2D eigenvalue weighted by Crippen LogP contribution is 2.27. The minimum atomic E-state index is -0.345. The van der Waals surface area contributed by atoms with Crippen molar-refractivity contribution < 1.29 is 14.3 Å². The topological polar surface area (TPSA) is 76.5 Å². The Kier molecular flexibility index (Phi) is 8.25. The van der Waals surface area contributed by atoms with E-state index in [0.717, 1.165) is 28.1 Å². The van der Waals surface area contributed by atoms with E-state index in [-0.39, 0.29) is 18.4 Å². The molecule has 0 aliphatic carbocycles. The van der Waals surface area contributed by atoms with Gasteiger partial charge in [0.05, 0.1) is 12.8 Å². The third kappa shape index (κ3) is 6.53. The number of anilines is 1. The van der Waals surface area contributed by atoms with E-state index < -0.39 is 0 Å². The number of nitrogens with zero attached hydrogens (tertiary/aromatic N) is 3. The molecule has 4 aromatic carbocycles. The Bertz CT molecular complexity index is 1650. The second kappa shape index (κ2) is 12.3. The number of carbonyl (C=O) groups is 2. The van der Waals surface area contributed by atoms with E-state index in [1.54, 1.807) is 24.1 Å². The smallest absolute Gasteiger partial charge is 0.254 e. The van der Waals surface area contributed by atoms with Gasteiger partial charge in [0.2, 0.25) is 11.9 Å². The van der Waals surface area contributed by atoms with Gasteiger partial charge in [0, 0.05) is 29.6 Å². The molecule has 5 rings (SSSR count). The van der Waals surface area contributed by atoms with Crippen molar-refractivity contribution in [2.24, 2.45) is 0 Å². The van der Waals surface area contributed by atoms with Gasteiger partial charge in [0.1, 0.15) is 12.3 Å². The lowest BCUT2D eigenvalue weighted by atomic mass is 10.1. The zero-order chi connectivity index (χ0) is 28.8. The number of ether oxygens (including phenoxy) is 1. The Morgan fingerprint density at radius 3 is 2.20 bits per heavy atom. The number of hydrogen-bond donors (Lipinski definition) is 1. The largest absolute Gasteiger partial charge is 0.497 e. The summed E-state index contributed by atoms with van der Waals surface area (Å²) < 4.78 is 7.16. The molecular weight excluding hydrogens is 512 g/mol. The van der Waals surface area contributed by atoms with Crippen LogP contribution in [-0.4, -0.2) is 39.9 Å². The van der Waals surface area contributed by atoms with Crippen LogP contribution in [0, 0.1) is 13.8 Å². The highest BCUT2D eigenvalue weighted by molar-refractivity contribution is 5.99. The second-order valence-corrected chi connectivity index (χ2v) is 9.88. The summed E-state index contributed by atoms with van der Waals surface area (Å²) in [6.45, 7) is 4.27. The van der Waals surface area contributed by atoms with Crippen molar-refractivity contribution in [2.45, 2.75) is 20.4 Å². The Balaban J connectivity index is 1.45. The third-order valence-electron chi connectivity index (χ3n) is 6.97. The van der Waals surface area contributed by atoms with Crippen molar-refractivity contribution in [1.29, 1.82) is 0 Å². The Hall–Kier alpha value is -5.17. The molecule has 0 spiro atoms. The fourth-order valence-electron chi connectivity index (χ4n) is 4.55. The van der Waals surface area contributed by atoms with Crippen molar-refractivity contribution in [2.75, 3.05) is 19.0 Å². The SMILES string of the molecule is COc1ccc(-c2cn(-c3ccc(C)c(C)c3)c(NC(=O)CN(Cc3ccccc3)C(=O)c3ccccc3)n2)cc1. The molecule has 0 saturated heterocycles. The van der Waals surface area contributed by atoms with E-state index in [1.807, 2.05) is 95.7 Å². The maximum absolute atomic E-state index is 13.5. The van der Waals surface area contributed by atoms with Gasteiger partial charge < -0.3 is 9.64 Å². The molecule has 0 atom stereocenters. The maximum Gasteiger partial charge on any atom is 0.254 e. The van der Waals surface area contributed by atoms with Crippen LogP contribution in [0.25, 0.3) is 16.9 Å². The van der Waals surface area contributed by atoms with Gasteiger partial charge in [-0.15, -0.1) is 0 Å². The monoisotopic (exact) mass is 544 g/mol. The molecule has 0 fully saturated rings. The van der Waals surface area contributed by atoms with Crippen molar-refractivity contribution in [3.05, 3.63) is 132 Å². The molecule has 206 valence electrons. The second-order valence-electron chi connectivity index (χ2n) is 9.88. The van der Waals surface area contributed by atoms with Crippen LogP contribution < -0.4 is 10.1 Å². The predicted molar refractivity (Wildman–Crippen MR) is 161 cm³/mol. The van der Waals surface area contributed by atoms with Crippen LogP contribution in [0.4, 0.5) is 5.95 Å². The molecule has 41 heavy (non-hydrogen) atoms. The number of benzene rings is 4. The zero-order valence-corrected chi connectivity index (χ0v) is 23.4. The van der Waals surface area contributed by atoms with E-state index in [0.29, 0.717) is 23.8 Å².